The Morgan fingerprint density at radius 3 is 2.38 bits per heavy atom. The van der Waals surface area contributed by atoms with Crippen molar-refractivity contribution in [3.05, 3.63) is 58.1 Å². The van der Waals surface area contributed by atoms with Gasteiger partial charge in [-0.25, -0.2) is 13.4 Å². The smallest absolute Gasteiger partial charge is 0.265 e. The number of rotatable bonds is 5. The van der Waals surface area contributed by atoms with Gasteiger partial charge in [-0.15, -0.1) is 0 Å². The molecule has 0 radical (unpaired) electrons. The second kappa shape index (κ2) is 7.40. The molecule has 0 unspecified atom stereocenters. The van der Waals surface area contributed by atoms with E-state index in [1.165, 1.54) is 29.3 Å². The maximum atomic E-state index is 12.4. The zero-order chi connectivity index (χ0) is 17.9. The first-order valence-corrected chi connectivity index (χ1v) is 8.99. The van der Waals surface area contributed by atoms with Gasteiger partial charge in [-0.3, -0.25) is 14.9 Å². The summed E-state index contributed by atoms with van der Waals surface area (Å²) in [6, 6.07) is 10.1. The van der Waals surface area contributed by atoms with Gasteiger partial charge in [0.2, 0.25) is 0 Å². The molecule has 0 saturated heterocycles. The molecule has 2 aromatic rings. The van der Waals surface area contributed by atoms with Gasteiger partial charge in [0.1, 0.15) is 0 Å². The first-order valence-electron chi connectivity index (χ1n) is 6.75. The number of halogens is 2. The maximum absolute atomic E-state index is 12.4. The van der Waals surface area contributed by atoms with E-state index in [2.05, 4.69) is 10.1 Å². The van der Waals surface area contributed by atoms with Crippen molar-refractivity contribution in [3.63, 3.8) is 0 Å². The van der Waals surface area contributed by atoms with E-state index in [0.29, 0.717) is 5.56 Å². The van der Waals surface area contributed by atoms with E-state index < -0.39 is 10.0 Å². The third kappa shape index (κ3) is 4.61. The van der Waals surface area contributed by atoms with Gasteiger partial charge in [-0.1, -0.05) is 29.3 Å². The van der Waals surface area contributed by atoms with Gasteiger partial charge >= 0.3 is 0 Å². The predicted octanol–water partition coefficient (Wildman–Crippen LogP) is 3.00. The number of hydrogen-bond acceptors (Lipinski definition) is 4. The van der Waals surface area contributed by atoms with E-state index in [1.54, 1.807) is 32.3 Å². The molecule has 0 bridgehead atoms. The van der Waals surface area contributed by atoms with Gasteiger partial charge in [-0.05, 0) is 36.4 Å². The van der Waals surface area contributed by atoms with Crippen LogP contribution in [-0.4, -0.2) is 33.4 Å². The molecule has 0 aliphatic carbocycles. The van der Waals surface area contributed by atoms with Crippen LogP contribution < -0.4 is 10.1 Å². The normalized spacial score (nSPS) is 11.4. The minimum atomic E-state index is -3.85. The van der Waals surface area contributed by atoms with Crippen molar-refractivity contribution in [2.45, 2.75) is 4.90 Å². The van der Waals surface area contributed by atoms with Crippen molar-refractivity contribution in [2.75, 3.05) is 18.8 Å². The van der Waals surface area contributed by atoms with E-state index in [-0.39, 0.29) is 26.5 Å². The van der Waals surface area contributed by atoms with Crippen LogP contribution in [0, 0.1) is 0 Å². The fraction of sp³-hybridized carbons (Fsp3) is 0.133. The SMILES string of the molecule is CN(C)NC(=O)c1cccc(NS(=O)(=O)c2ccc(Cl)c(Cl)c2)c1. The lowest BCUT2D eigenvalue weighted by molar-refractivity contribution is 0.0857. The van der Waals surface area contributed by atoms with Crippen molar-refractivity contribution in [1.82, 2.24) is 10.4 Å². The number of amides is 1. The topological polar surface area (TPSA) is 78.5 Å². The van der Waals surface area contributed by atoms with Gasteiger partial charge in [0.15, 0.2) is 0 Å². The number of benzene rings is 2. The average Bonchev–Trinajstić information content (AvgIpc) is 2.49. The molecule has 128 valence electrons. The first kappa shape index (κ1) is 18.5. The highest BCUT2D eigenvalue weighted by molar-refractivity contribution is 7.92. The van der Waals surface area contributed by atoms with E-state index in [1.807, 2.05) is 0 Å². The molecule has 0 fully saturated rings. The van der Waals surface area contributed by atoms with Crippen LogP contribution in [-0.2, 0) is 10.0 Å². The number of nitrogens with zero attached hydrogens (tertiary/aromatic N) is 1. The Morgan fingerprint density at radius 1 is 1.04 bits per heavy atom. The molecule has 0 heterocycles. The molecule has 2 aromatic carbocycles. The number of anilines is 1. The molecule has 2 rings (SSSR count). The van der Waals surface area contributed by atoms with Gasteiger partial charge in [-0.2, -0.15) is 0 Å². The molecule has 9 heteroatoms. The Bertz CT molecular complexity index is 870. The fourth-order valence-electron chi connectivity index (χ4n) is 1.85. The summed E-state index contributed by atoms with van der Waals surface area (Å²) in [6.07, 6.45) is 0. The van der Waals surface area contributed by atoms with Crippen molar-refractivity contribution in [3.8, 4) is 0 Å². The van der Waals surface area contributed by atoms with Crippen molar-refractivity contribution in [1.29, 1.82) is 0 Å². The molecule has 0 aliphatic heterocycles. The summed E-state index contributed by atoms with van der Waals surface area (Å²) in [5.74, 6) is -0.351. The lowest BCUT2D eigenvalue weighted by atomic mass is 10.2. The largest absolute Gasteiger partial charge is 0.285 e. The number of hydrazine groups is 1. The number of carbonyl (C=O) groups is 1. The summed E-state index contributed by atoms with van der Waals surface area (Å²) in [7, 11) is -0.503. The second-order valence-electron chi connectivity index (χ2n) is 5.10. The second-order valence-corrected chi connectivity index (χ2v) is 7.59. The summed E-state index contributed by atoms with van der Waals surface area (Å²) >= 11 is 11.6. The summed E-state index contributed by atoms with van der Waals surface area (Å²) in [5, 5.41) is 1.89. The molecule has 0 aromatic heterocycles. The van der Waals surface area contributed by atoms with Crippen LogP contribution in [0.2, 0.25) is 10.0 Å². The maximum Gasteiger partial charge on any atom is 0.265 e. The number of hydrogen-bond donors (Lipinski definition) is 2. The highest BCUT2D eigenvalue weighted by Gasteiger charge is 2.16. The van der Waals surface area contributed by atoms with Crippen LogP contribution >= 0.6 is 23.2 Å². The zero-order valence-corrected chi connectivity index (χ0v) is 15.2. The highest BCUT2D eigenvalue weighted by Crippen LogP contribution is 2.26. The lowest BCUT2D eigenvalue weighted by Gasteiger charge is -2.13. The zero-order valence-electron chi connectivity index (χ0n) is 12.9. The van der Waals surface area contributed by atoms with Gasteiger partial charge in [0.25, 0.3) is 15.9 Å². The molecule has 0 aliphatic rings. The number of carbonyl (C=O) groups excluding carboxylic acids is 1. The Kier molecular flexibility index (Phi) is 5.71. The quantitative estimate of drug-likeness (QED) is 0.772. The Hall–Kier alpha value is -1.80. The minimum absolute atomic E-state index is 0.0277. The monoisotopic (exact) mass is 387 g/mol. The van der Waals surface area contributed by atoms with Crippen molar-refractivity contribution < 1.29 is 13.2 Å². The third-order valence-corrected chi connectivity index (χ3v) is 5.02. The van der Waals surface area contributed by atoms with Crippen molar-refractivity contribution in [2.24, 2.45) is 0 Å². The predicted molar refractivity (Wildman–Crippen MR) is 94.9 cm³/mol. The van der Waals surface area contributed by atoms with Gasteiger partial charge in [0, 0.05) is 25.3 Å². The van der Waals surface area contributed by atoms with Crippen LogP contribution in [0.1, 0.15) is 10.4 Å². The average molecular weight is 388 g/mol. The van der Waals surface area contributed by atoms with Crippen LogP contribution in [0.15, 0.2) is 47.4 Å². The van der Waals surface area contributed by atoms with Crippen molar-refractivity contribution >= 4 is 44.8 Å². The molecule has 1 amide bonds. The van der Waals surface area contributed by atoms with E-state index in [9.17, 15) is 13.2 Å². The number of sulfonamides is 1. The molecule has 0 atom stereocenters. The molecule has 0 saturated carbocycles. The van der Waals surface area contributed by atoms with Crippen LogP contribution in [0.25, 0.3) is 0 Å². The molecule has 6 nitrogen and oxygen atoms in total. The lowest BCUT2D eigenvalue weighted by Crippen LogP contribution is -2.36. The van der Waals surface area contributed by atoms with E-state index >= 15 is 0 Å². The number of nitrogens with one attached hydrogen (secondary N) is 2. The van der Waals surface area contributed by atoms with Gasteiger partial charge in [0.05, 0.1) is 14.9 Å². The fourth-order valence-corrected chi connectivity index (χ4v) is 3.29. The molecular formula is C15H15Cl2N3O3S. The van der Waals surface area contributed by atoms with Gasteiger partial charge < -0.3 is 0 Å². The van der Waals surface area contributed by atoms with E-state index in [4.69, 9.17) is 23.2 Å². The molecule has 2 N–H and O–H groups in total. The summed E-state index contributed by atoms with van der Waals surface area (Å²) < 4.78 is 27.2. The molecule has 24 heavy (non-hydrogen) atoms. The third-order valence-electron chi connectivity index (χ3n) is 2.90. The highest BCUT2D eigenvalue weighted by atomic mass is 35.5. The standard InChI is InChI=1S/C15H15Cl2N3O3S/c1-20(2)18-15(21)10-4-3-5-11(8-10)19-24(22,23)12-6-7-13(16)14(17)9-12/h3-9,19H,1-2H3,(H,18,21). The van der Waals surface area contributed by atoms with Crippen LogP contribution in [0.3, 0.4) is 0 Å². The first-order chi connectivity index (χ1) is 11.2. The summed E-state index contributed by atoms with van der Waals surface area (Å²) in [5.41, 5.74) is 3.15. The molecular weight excluding hydrogens is 373 g/mol. The van der Waals surface area contributed by atoms with E-state index in [0.717, 1.165) is 0 Å². The van der Waals surface area contributed by atoms with Crippen LogP contribution in [0.4, 0.5) is 5.69 Å². The molecule has 0 spiro atoms. The summed E-state index contributed by atoms with van der Waals surface area (Å²) in [4.78, 5) is 11.9. The Balaban J connectivity index is 2.26. The van der Waals surface area contributed by atoms with Crippen LogP contribution in [0.5, 0.6) is 0 Å². The summed E-state index contributed by atoms with van der Waals surface area (Å²) in [6.45, 7) is 0. The Morgan fingerprint density at radius 2 is 1.75 bits per heavy atom. The Labute approximate surface area is 150 Å². The minimum Gasteiger partial charge on any atom is -0.285 e.